The molecule has 0 aromatic heterocycles. The number of aliphatic hydroxyl groups excluding tert-OH is 1. The molecule has 0 aliphatic heterocycles. The van der Waals surface area contributed by atoms with Gasteiger partial charge in [0.05, 0.1) is 32.8 Å². The van der Waals surface area contributed by atoms with Crippen molar-refractivity contribution in [1.82, 2.24) is 0 Å². The van der Waals surface area contributed by atoms with Gasteiger partial charge in [-0.05, 0) is 128 Å². The van der Waals surface area contributed by atoms with Crippen molar-refractivity contribution in [2.24, 2.45) is 0 Å². The van der Waals surface area contributed by atoms with E-state index >= 15 is 0 Å². The van der Waals surface area contributed by atoms with E-state index in [9.17, 15) is 43.2 Å². The van der Waals surface area contributed by atoms with E-state index in [2.05, 4.69) is 167 Å². The van der Waals surface area contributed by atoms with Crippen LogP contribution in [0.5, 0.6) is 0 Å². The third-order valence-electron chi connectivity index (χ3n) is 15.6. The van der Waals surface area contributed by atoms with Crippen molar-refractivity contribution in [3.05, 3.63) is 194 Å². The number of allylic oxidation sites excluding steroid dienone is 31. The van der Waals surface area contributed by atoms with Gasteiger partial charge in [-0.1, -0.05) is 312 Å². The minimum Gasteiger partial charge on any atom is -0.462 e. The number of ether oxygens (including phenoxy) is 4. The lowest BCUT2D eigenvalue weighted by Gasteiger charge is -2.21. The van der Waals surface area contributed by atoms with Gasteiger partial charge in [-0.15, -0.1) is 0 Å². The van der Waals surface area contributed by atoms with Gasteiger partial charge in [-0.3, -0.25) is 37.3 Å². The summed E-state index contributed by atoms with van der Waals surface area (Å²) in [5, 5.41) is 10.6. The SMILES string of the molecule is CC/C=C\C/C=C\C/C=C\C/C=C\C/C=C\C/C=C\CCC(=O)OCC(COP(=O)(O)OCC(O)COP(=O)(O)OCC(COC(=O)CCC/C=C\C/C=C\C/C=C\C/C=C\C/C=C\CC)OC(=O)CCCCCCCCCCCCCCCCC)OC(=O)C/C=C\C/C=C\C/C=C\C/C=C\C/C=C\CC. The molecule has 0 heterocycles. The molecule has 5 atom stereocenters. The summed E-state index contributed by atoms with van der Waals surface area (Å²) in [6.07, 6.45) is 94.7. The zero-order valence-corrected chi connectivity index (χ0v) is 67.1. The Morgan fingerprint density at radius 2 is 0.547 bits per heavy atom. The van der Waals surface area contributed by atoms with Crippen LogP contribution < -0.4 is 0 Å². The van der Waals surface area contributed by atoms with E-state index in [0.29, 0.717) is 38.5 Å². The monoisotopic (exact) mass is 1520 g/mol. The van der Waals surface area contributed by atoms with Gasteiger partial charge in [-0.2, -0.15) is 0 Å². The standard InChI is InChI=1S/C87H138O17P2/c1-5-9-13-17-21-25-29-33-37-39-40-42-46-48-52-56-60-64-68-72-85(90)98-78-83(104-87(92)74-70-66-62-58-54-50-44-36-32-28-24-20-16-12-8-4)80-102-106(95,96)100-76-81(88)75-99-105(93,94)101-79-82(103-86(91)73-69-65-61-57-53-49-43-35-31-27-23-19-15-11-7-3)77-97-84(89)71-67-63-59-55-51-47-45-41-38-34-30-26-22-18-14-10-6-2/h9-10,12-14,16,21-22,24-26,28,33-34,36-38,40,42,44-45,47-48,52,54-55,58-60,64,66,70,81-83,88H,5-8,11,15,17-20,23,27,29-32,35,39,41,43,46,49-51,53,56-57,61-63,65,67-69,71-80H2,1-4H3,(H,93,94)(H,95,96)/b13-9-,14-10-,16-12-,25-21-,26-22-,28-24-,37-33-,38-34-,42-40-,44-36-,47-45-,52-48-,58-54-,59-55-,64-60-,70-66-. The molecule has 0 fully saturated rings. The van der Waals surface area contributed by atoms with Gasteiger partial charge < -0.3 is 33.8 Å². The number of rotatable bonds is 72. The molecule has 0 amide bonds. The highest BCUT2D eigenvalue weighted by molar-refractivity contribution is 7.47. The first-order chi connectivity index (χ1) is 51.7. The molecule has 0 saturated heterocycles. The topological polar surface area (TPSA) is 237 Å². The van der Waals surface area contributed by atoms with Crippen molar-refractivity contribution in [3.8, 4) is 0 Å². The van der Waals surface area contributed by atoms with Crippen LogP contribution in [0.25, 0.3) is 0 Å². The first-order valence-electron chi connectivity index (χ1n) is 39.7. The lowest BCUT2D eigenvalue weighted by molar-refractivity contribution is -0.161. The third-order valence-corrected chi connectivity index (χ3v) is 17.5. The van der Waals surface area contributed by atoms with E-state index in [-0.39, 0.29) is 25.7 Å². The number of carbonyl (C=O) groups excluding carboxylic acids is 4. The van der Waals surface area contributed by atoms with Crippen LogP contribution in [0.4, 0.5) is 0 Å². The Bertz CT molecular complexity index is 2780. The number of hydrogen-bond acceptors (Lipinski definition) is 15. The lowest BCUT2D eigenvalue weighted by Crippen LogP contribution is -2.30. The highest BCUT2D eigenvalue weighted by Gasteiger charge is 2.30. The van der Waals surface area contributed by atoms with E-state index < -0.39 is 97.5 Å². The van der Waals surface area contributed by atoms with E-state index in [4.69, 9.17) is 37.0 Å². The molecule has 0 spiro atoms. The Morgan fingerprint density at radius 3 is 0.887 bits per heavy atom. The lowest BCUT2D eigenvalue weighted by atomic mass is 10.0. The van der Waals surface area contributed by atoms with Crippen molar-refractivity contribution in [2.75, 3.05) is 39.6 Å². The minimum atomic E-state index is -5.03. The molecular formula is C87H138O17P2. The number of unbranched alkanes of at least 4 members (excludes halogenated alkanes) is 15. The molecular weight excluding hydrogens is 1380 g/mol. The fraction of sp³-hybridized carbons (Fsp3) is 0.586. The highest BCUT2D eigenvalue weighted by atomic mass is 31.2. The van der Waals surface area contributed by atoms with E-state index in [1.165, 1.54) is 64.2 Å². The van der Waals surface area contributed by atoms with Crippen LogP contribution in [0.3, 0.4) is 0 Å². The summed E-state index contributed by atoms with van der Waals surface area (Å²) in [7, 11) is -10.0. The maximum Gasteiger partial charge on any atom is 0.472 e. The van der Waals surface area contributed by atoms with Crippen LogP contribution in [0, 0.1) is 0 Å². The number of esters is 4. The van der Waals surface area contributed by atoms with Crippen LogP contribution in [-0.2, 0) is 65.4 Å². The van der Waals surface area contributed by atoms with Crippen molar-refractivity contribution in [2.45, 2.75) is 290 Å². The average molecular weight is 1520 g/mol. The molecule has 17 nitrogen and oxygen atoms in total. The third kappa shape index (κ3) is 76.1. The number of phosphoric ester groups is 2. The first kappa shape index (κ1) is 99.9. The summed E-state index contributed by atoms with van der Waals surface area (Å²) >= 11 is 0. The number of hydrogen-bond donors (Lipinski definition) is 3. The summed E-state index contributed by atoms with van der Waals surface area (Å²) in [4.78, 5) is 72.9. The zero-order valence-electron chi connectivity index (χ0n) is 65.3. The molecule has 598 valence electrons. The molecule has 106 heavy (non-hydrogen) atoms. The van der Waals surface area contributed by atoms with Gasteiger partial charge in [0.25, 0.3) is 0 Å². The predicted octanol–water partition coefficient (Wildman–Crippen LogP) is 23.3. The Balaban J connectivity index is 5.55. The first-order valence-corrected chi connectivity index (χ1v) is 42.7. The van der Waals surface area contributed by atoms with Crippen molar-refractivity contribution >= 4 is 39.5 Å². The van der Waals surface area contributed by atoms with Gasteiger partial charge in [0.2, 0.25) is 0 Å². The van der Waals surface area contributed by atoms with Crippen molar-refractivity contribution in [1.29, 1.82) is 0 Å². The van der Waals surface area contributed by atoms with E-state index in [1.807, 2.05) is 42.5 Å². The molecule has 0 saturated carbocycles. The summed E-state index contributed by atoms with van der Waals surface area (Å²) in [6.45, 7) is 4.25. The second kappa shape index (κ2) is 77.1. The number of aliphatic hydroxyl groups is 1. The zero-order chi connectivity index (χ0) is 77.4. The van der Waals surface area contributed by atoms with Crippen LogP contribution in [0.2, 0.25) is 0 Å². The molecule has 5 unspecified atom stereocenters. The molecule has 0 aliphatic rings. The fourth-order valence-corrected chi connectivity index (χ4v) is 11.3. The summed E-state index contributed by atoms with van der Waals surface area (Å²) in [5.41, 5.74) is 0. The van der Waals surface area contributed by atoms with Gasteiger partial charge in [0.1, 0.15) is 19.3 Å². The Kier molecular flexibility index (Phi) is 72.6. The number of carbonyl (C=O) groups is 4. The second-order valence-electron chi connectivity index (χ2n) is 25.5. The predicted molar refractivity (Wildman–Crippen MR) is 436 cm³/mol. The van der Waals surface area contributed by atoms with Gasteiger partial charge in [0.15, 0.2) is 12.2 Å². The molecule has 19 heteroatoms. The Morgan fingerprint density at radius 1 is 0.283 bits per heavy atom. The Hall–Kier alpha value is -6.10. The molecule has 0 aliphatic carbocycles. The quantitative estimate of drug-likeness (QED) is 0.0169. The van der Waals surface area contributed by atoms with E-state index in [0.717, 1.165) is 116 Å². The molecule has 0 radical (unpaired) electrons. The van der Waals surface area contributed by atoms with Crippen LogP contribution in [0.15, 0.2) is 194 Å². The molecule has 0 rings (SSSR count). The molecule has 0 bridgehead atoms. The average Bonchev–Trinajstić information content (AvgIpc) is 0.909. The number of phosphoric acid groups is 2. The van der Waals surface area contributed by atoms with Crippen molar-refractivity contribution < 1.29 is 80.2 Å². The Labute approximate surface area is 640 Å². The van der Waals surface area contributed by atoms with Gasteiger partial charge in [-0.25, -0.2) is 9.13 Å². The maximum atomic E-state index is 13.1. The van der Waals surface area contributed by atoms with Crippen LogP contribution in [-0.4, -0.2) is 96.7 Å². The second-order valence-corrected chi connectivity index (χ2v) is 28.4. The minimum absolute atomic E-state index is 0.00802. The summed E-state index contributed by atoms with van der Waals surface area (Å²) < 4.78 is 68.3. The van der Waals surface area contributed by atoms with Crippen LogP contribution in [0.1, 0.15) is 272 Å². The summed E-state index contributed by atoms with van der Waals surface area (Å²) in [6, 6.07) is 0. The fourth-order valence-electron chi connectivity index (χ4n) is 9.71. The van der Waals surface area contributed by atoms with Gasteiger partial charge in [0, 0.05) is 19.3 Å². The smallest absolute Gasteiger partial charge is 0.462 e. The molecule has 0 aromatic carbocycles. The van der Waals surface area contributed by atoms with Crippen molar-refractivity contribution in [3.63, 3.8) is 0 Å². The van der Waals surface area contributed by atoms with E-state index in [1.54, 1.807) is 12.2 Å². The molecule has 3 N–H and O–H groups in total. The van der Waals surface area contributed by atoms with Gasteiger partial charge >= 0.3 is 39.5 Å². The normalized spacial score (nSPS) is 14.9. The maximum absolute atomic E-state index is 13.1. The highest BCUT2D eigenvalue weighted by Crippen LogP contribution is 2.45. The molecule has 0 aromatic rings. The largest absolute Gasteiger partial charge is 0.472 e. The summed E-state index contributed by atoms with van der Waals surface area (Å²) in [5.74, 6) is -2.51. The van der Waals surface area contributed by atoms with Crippen LogP contribution >= 0.6 is 15.6 Å².